The van der Waals surface area contributed by atoms with Crippen LogP contribution < -0.4 is 10.6 Å². The first kappa shape index (κ1) is 20.2. The van der Waals surface area contributed by atoms with Gasteiger partial charge in [0, 0.05) is 24.7 Å². The summed E-state index contributed by atoms with van der Waals surface area (Å²) in [4.78, 5) is 36.0. The van der Waals surface area contributed by atoms with Gasteiger partial charge in [-0.1, -0.05) is 18.2 Å². The Morgan fingerprint density at radius 3 is 2.40 bits per heavy atom. The number of fused-ring (bicyclic) bond motifs is 1. The Bertz CT molecular complexity index is 1150. The lowest BCUT2D eigenvalue weighted by molar-refractivity contribution is 0.0876. The van der Waals surface area contributed by atoms with Crippen LogP contribution in [0.4, 0.5) is 0 Å². The fourth-order valence-corrected chi connectivity index (χ4v) is 5.28. The number of benzene rings is 2. The van der Waals surface area contributed by atoms with E-state index < -0.39 is 21.8 Å². The van der Waals surface area contributed by atoms with Crippen LogP contribution in [0.3, 0.4) is 0 Å². The number of piperidine rings is 1. The molecule has 2 aliphatic heterocycles. The normalized spacial score (nSPS) is 17.5. The minimum absolute atomic E-state index is 0.0199. The molecule has 2 aromatic rings. The van der Waals surface area contributed by atoms with E-state index in [4.69, 9.17) is 0 Å². The molecule has 0 bridgehead atoms. The summed E-state index contributed by atoms with van der Waals surface area (Å²) >= 11 is 0. The number of hydrogen-bond acceptors (Lipinski definition) is 5. The van der Waals surface area contributed by atoms with Crippen LogP contribution in [0, 0.1) is 6.92 Å². The second-order valence-corrected chi connectivity index (χ2v) is 9.40. The van der Waals surface area contributed by atoms with Gasteiger partial charge in [-0.15, -0.1) is 0 Å². The van der Waals surface area contributed by atoms with Crippen molar-refractivity contribution in [2.75, 3.05) is 13.1 Å². The summed E-state index contributed by atoms with van der Waals surface area (Å²) in [6.07, 6.45) is 0.974. The highest BCUT2D eigenvalue weighted by atomic mass is 32.2. The zero-order valence-electron chi connectivity index (χ0n) is 16.3. The summed E-state index contributed by atoms with van der Waals surface area (Å²) in [5.41, 5.74) is 1.74. The zero-order chi connectivity index (χ0) is 21.5. The van der Waals surface area contributed by atoms with Crippen LogP contribution in [0.5, 0.6) is 0 Å². The maximum absolute atomic E-state index is 13.0. The topological polar surface area (TPSA) is 113 Å². The van der Waals surface area contributed by atoms with Crippen molar-refractivity contribution in [3.63, 3.8) is 0 Å². The first-order valence-corrected chi connectivity index (χ1v) is 11.1. The van der Waals surface area contributed by atoms with Gasteiger partial charge in [0.25, 0.3) is 17.7 Å². The SMILES string of the molecule is Cc1ccccc1C(=O)NC1CCN(S(=O)(=O)c2ccc3c(c2)C(=O)NC3=O)CC1. The van der Waals surface area contributed by atoms with Gasteiger partial charge in [-0.3, -0.25) is 19.7 Å². The maximum Gasteiger partial charge on any atom is 0.258 e. The highest BCUT2D eigenvalue weighted by Crippen LogP contribution is 2.25. The molecule has 3 amide bonds. The number of hydrogen-bond donors (Lipinski definition) is 2. The van der Waals surface area contributed by atoms with Gasteiger partial charge in [0.05, 0.1) is 16.0 Å². The third-order valence-electron chi connectivity index (χ3n) is 5.52. The molecule has 9 heteroatoms. The molecule has 0 unspecified atom stereocenters. The lowest BCUT2D eigenvalue weighted by atomic mass is 10.0. The van der Waals surface area contributed by atoms with E-state index in [9.17, 15) is 22.8 Å². The number of carbonyl (C=O) groups is 3. The standard InChI is InChI=1S/C21H21N3O5S/c1-13-4-2-3-5-16(13)19(25)22-14-8-10-24(11-9-14)30(28,29)15-6-7-17-18(12-15)21(27)23-20(17)26/h2-7,12,14H,8-11H2,1H3,(H,22,25)(H,23,26,27). The molecule has 0 aromatic heterocycles. The van der Waals surface area contributed by atoms with Crippen LogP contribution in [0.25, 0.3) is 0 Å². The Labute approximate surface area is 174 Å². The maximum atomic E-state index is 13.0. The fraction of sp³-hybridized carbons (Fsp3) is 0.286. The second-order valence-electron chi connectivity index (χ2n) is 7.46. The van der Waals surface area contributed by atoms with Crippen LogP contribution in [0.15, 0.2) is 47.4 Å². The molecule has 1 fully saturated rings. The summed E-state index contributed by atoms with van der Waals surface area (Å²) < 4.78 is 27.3. The number of sulfonamides is 1. The molecule has 2 aromatic carbocycles. The number of amides is 3. The van der Waals surface area contributed by atoms with E-state index in [1.54, 1.807) is 6.07 Å². The minimum atomic E-state index is -3.81. The average molecular weight is 427 g/mol. The summed E-state index contributed by atoms with van der Waals surface area (Å²) in [5, 5.41) is 5.14. The molecule has 156 valence electrons. The molecular weight excluding hydrogens is 406 g/mol. The molecule has 0 radical (unpaired) electrons. The first-order chi connectivity index (χ1) is 14.3. The molecule has 4 rings (SSSR count). The molecular formula is C21H21N3O5S. The Morgan fingerprint density at radius 2 is 1.70 bits per heavy atom. The second kappa shape index (κ2) is 7.66. The smallest absolute Gasteiger partial charge is 0.258 e. The number of imide groups is 1. The predicted octanol–water partition coefficient (Wildman–Crippen LogP) is 1.46. The van der Waals surface area contributed by atoms with Crippen LogP contribution in [0.2, 0.25) is 0 Å². The van der Waals surface area contributed by atoms with E-state index >= 15 is 0 Å². The van der Waals surface area contributed by atoms with E-state index in [0.717, 1.165) is 5.56 Å². The largest absolute Gasteiger partial charge is 0.349 e. The van der Waals surface area contributed by atoms with Crippen LogP contribution >= 0.6 is 0 Å². The van der Waals surface area contributed by atoms with Crippen molar-refractivity contribution in [1.82, 2.24) is 14.9 Å². The third-order valence-corrected chi connectivity index (χ3v) is 7.42. The Balaban J connectivity index is 1.43. The number of carbonyl (C=O) groups excluding carboxylic acids is 3. The van der Waals surface area contributed by atoms with Crippen LogP contribution in [-0.2, 0) is 10.0 Å². The Hall–Kier alpha value is -3.04. The molecule has 30 heavy (non-hydrogen) atoms. The molecule has 1 saturated heterocycles. The molecule has 0 atom stereocenters. The van der Waals surface area contributed by atoms with Crippen molar-refractivity contribution < 1.29 is 22.8 Å². The van der Waals surface area contributed by atoms with Crippen LogP contribution in [0.1, 0.15) is 49.5 Å². The van der Waals surface area contributed by atoms with Crippen molar-refractivity contribution in [1.29, 1.82) is 0 Å². The van der Waals surface area contributed by atoms with E-state index in [1.165, 1.54) is 22.5 Å². The average Bonchev–Trinajstić information content (AvgIpc) is 3.02. The van der Waals surface area contributed by atoms with Crippen molar-refractivity contribution >= 4 is 27.7 Å². The summed E-state index contributed by atoms with van der Waals surface area (Å²) in [6.45, 7) is 2.38. The van der Waals surface area contributed by atoms with Crippen molar-refractivity contribution in [2.45, 2.75) is 30.7 Å². The van der Waals surface area contributed by atoms with Gasteiger partial charge in [-0.05, 0) is 49.6 Å². The summed E-state index contributed by atoms with van der Waals surface area (Å²) in [6, 6.07) is 11.1. The van der Waals surface area contributed by atoms with Gasteiger partial charge in [0.1, 0.15) is 0 Å². The van der Waals surface area contributed by atoms with E-state index in [1.807, 2.05) is 25.1 Å². The third kappa shape index (κ3) is 3.61. The van der Waals surface area contributed by atoms with Gasteiger partial charge in [0.15, 0.2) is 0 Å². The predicted molar refractivity (Wildman–Crippen MR) is 109 cm³/mol. The highest BCUT2D eigenvalue weighted by molar-refractivity contribution is 7.89. The first-order valence-electron chi connectivity index (χ1n) is 9.64. The molecule has 0 saturated carbocycles. The van der Waals surface area contributed by atoms with Crippen molar-refractivity contribution in [3.05, 3.63) is 64.7 Å². The zero-order valence-corrected chi connectivity index (χ0v) is 17.2. The van der Waals surface area contributed by atoms with Gasteiger partial charge >= 0.3 is 0 Å². The van der Waals surface area contributed by atoms with E-state index in [0.29, 0.717) is 18.4 Å². The molecule has 8 nitrogen and oxygen atoms in total. The summed E-state index contributed by atoms with van der Waals surface area (Å²) in [5.74, 6) is -1.28. The molecule has 2 N–H and O–H groups in total. The lowest BCUT2D eigenvalue weighted by Gasteiger charge is -2.31. The number of rotatable bonds is 4. The Morgan fingerprint density at radius 1 is 1.03 bits per heavy atom. The number of nitrogens with one attached hydrogen (secondary N) is 2. The van der Waals surface area contributed by atoms with Gasteiger partial charge in [-0.25, -0.2) is 8.42 Å². The molecule has 0 aliphatic carbocycles. The van der Waals surface area contributed by atoms with Crippen molar-refractivity contribution in [3.8, 4) is 0 Å². The number of nitrogens with zero attached hydrogens (tertiary/aromatic N) is 1. The lowest BCUT2D eigenvalue weighted by Crippen LogP contribution is -2.46. The molecule has 2 aliphatic rings. The molecule has 2 heterocycles. The van der Waals surface area contributed by atoms with Crippen LogP contribution in [-0.4, -0.2) is 49.6 Å². The minimum Gasteiger partial charge on any atom is -0.349 e. The fourth-order valence-electron chi connectivity index (χ4n) is 3.79. The van der Waals surface area contributed by atoms with Gasteiger partial charge < -0.3 is 5.32 Å². The highest BCUT2D eigenvalue weighted by Gasteiger charge is 2.33. The molecule has 0 spiro atoms. The number of aryl methyl sites for hydroxylation is 1. The summed E-state index contributed by atoms with van der Waals surface area (Å²) in [7, 11) is -3.81. The Kier molecular flexibility index (Phi) is 5.17. The van der Waals surface area contributed by atoms with Gasteiger partial charge in [-0.2, -0.15) is 4.31 Å². The van der Waals surface area contributed by atoms with Crippen molar-refractivity contribution in [2.24, 2.45) is 0 Å². The quantitative estimate of drug-likeness (QED) is 0.718. The monoisotopic (exact) mass is 427 g/mol. The van der Waals surface area contributed by atoms with E-state index in [2.05, 4.69) is 10.6 Å². The van der Waals surface area contributed by atoms with Gasteiger partial charge in [0.2, 0.25) is 10.0 Å². The van der Waals surface area contributed by atoms with E-state index in [-0.39, 0.29) is 41.1 Å².